The normalized spacial score (nSPS) is 19.8. The van der Waals surface area contributed by atoms with Crippen LogP contribution in [-0.4, -0.2) is 41.6 Å². The third kappa shape index (κ3) is 5.19. The second kappa shape index (κ2) is 9.23. The van der Waals surface area contributed by atoms with Gasteiger partial charge in [-0.3, -0.25) is 4.90 Å². The van der Waals surface area contributed by atoms with E-state index in [1.807, 2.05) is 11.8 Å². The Hall–Kier alpha value is 0.270. The molecule has 0 heterocycles. The van der Waals surface area contributed by atoms with Crippen molar-refractivity contribution in [3.05, 3.63) is 0 Å². The first-order valence-electron chi connectivity index (χ1n) is 7.37. The Morgan fingerprint density at radius 3 is 2.47 bits per heavy atom. The lowest BCUT2D eigenvalue weighted by Gasteiger charge is -2.39. The quantitative estimate of drug-likeness (QED) is 0.678. The van der Waals surface area contributed by atoms with Crippen LogP contribution in [-0.2, 0) is 0 Å². The molecule has 0 amide bonds. The van der Waals surface area contributed by atoms with Crippen LogP contribution in [0.5, 0.6) is 0 Å². The van der Waals surface area contributed by atoms with Gasteiger partial charge in [0.15, 0.2) is 0 Å². The number of hydrogen-bond donors (Lipinski definition) is 1. The van der Waals surface area contributed by atoms with E-state index >= 15 is 0 Å². The number of hydrogen-bond acceptors (Lipinski definition) is 3. The molecule has 102 valence electrons. The Kier molecular flexibility index (Phi) is 8.33. The Bertz CT molecular complexity index is 181. The molecule has 0 aromatic rings. The Morgan fingerprint density at radius 1 is 1.24 bits per heavy atom. The molecule has 1 atom stereocenters. The zero-order valence-electron chi connectivity index (χ0n) is 11.7. The molecule has 0 saturated heterocycles. The third-order valence-corrected chi connectivity index (χ3v) is 4.88. The van der Waals surface area contributed by atoms with Gasteiger partial charge in [-0.15, -0.1) is 0 Å². The molecule has 1 unspecified atom stereocenters. The zero-order valence-corrected chi connectivity index (χ0v) is 12.5. The predicted octanol–water partition coefficient (Wildman–Crippen LogP) is 3.11. The van der Waals surface area contributed by atoms with Crippen LogP contribution in [0, 0.1) is 0 Å². The van der Waals surface area contributed by atoms with Crippen molar-refractivity contribution in [2.24, 2.45) is 5.73 Å². The van der Waals surface area contributed by atoms with Crippen LogP contribution < -0.4 is 5.73 Å². The molecule has 0 aromatic carbocycles. The molecule has 2 N–H and O–H groups in total. The van der Waals surface area contributed by atoms with Gasteiger partial charge >= 0.3 is 0 Å². The van der Waals surface area contributed by atoms with Crippen LogP contribution in [0.4, 0.5) is 0 Å². The van der Waals surface area contributed by atoms with E-state index in [4.69, 9.17) is 5.73 Å². The van der Waals surface area contributed by atoms with Crippen LogP contribution >= 0.6 is 11.8 Å². The van der Waals surface area contributed by atoms with Gasteiger partial charge in [-0.1, -0.05) is 33.1 Å². The Balaban J connectivity index is 2.43. The first-order chi connectivity index (χ1) is 8.33. The highest BCUT2D eigenvalue weighted by molar-refractivity contribution is 7.99. The lowest BCUT2D eigenvalue weighted by atomic mass is 9.93. The van der Waals surface area contributed by atoms with Gasteiger partial charge in [0.2, 0.25) is 0 Å². The van der Waals surface area contributed by atoms with Crippen molar-refractivity contribution in [3.63, 3.8) is 0 Å². The van der Waals surface area contributed by atoms with Crippen LogP contribution in [0.2, 0.25) is 0 Å². The van der Waals surface area contributed by atoms with Gasteiger partial charge in [0.25, 0.3) is 0 Å². The highest BCUT2D eigenvalue weighted by Crippen LogP contribution is 2.25. The molecule has 0 aliphatic heterocycles. The van der Waals surface area contributed by atoms with Gasteiger partial charge in [-0.2, -0.15) is 11.8 Å². The maximum absolute atomic E-state index is 5.99. The van der Waals surface area contributed by atoms with Crippen molar-refractivity contribution in [3.8, 4) is 0 Å². The van der Waals surface area contributed by atoms with Crippen LogP contribution in [0.3, 0.4) is 0 Å². The van der Waals surface area contributed by atoms with Crippen molar-refractivity contribution in [1.29, 1.82) is 0 Å². The van der Waals surface area contributed by atoms with Crippen molar-refractivity contribution in [1.82, 2.24) is 4.90 Å². The lowest BCUT2D eigenvalue weighted by molar-refractivity contribution is 0.112. The molecule has 1 saturated carbocycles. The molecule has 1 aliphatic rings. The van der Waals surface area contributed by atoms with E-state index in [9.17, 15) is 0 Å². The van der Waals surface area contributed by atoms with Crippen LogP contribution in [0.1, 0.15) is 52.4 Å². The topological polar surface area (TPSA) is 29.3 Å². The van der Waals surface area contributed by atoms with E-state index in [-0.39, 0.29) is 0 Å². The van der Waals surface area contributed by atoms with Crippen LogP contribution in [0.25, 0.3) is 0 Å². The fourth-order valence-electron chi connectivity index (χ4n) is 3.01. The Labute approximate surface area is 112 Å². The minimum atomic E-state index is 0.613. The second-order valence-corrected chi connectivity index (χ2v) is 6.39. The smallest absolute Gasteiger partial charge is 0.0229 e. The van der Waals surface area contributed by atoms with E-state index in [2.05, 4.69) is 18.7 Å². The summed E-state index contributed by atoms with van der Waals surface area (Å²) < 4.78 is 0. The molecule has 0 spiro atoms. The lowest BCUT2D eigenvalue weighted by Crippen LogP contribution is -2.47. The largest absolute Gasteiger partial charge is 0.329 e. The Morgan fingerprint density at radius 2 is 1.94 bits per heavy atom. The summed E-state index contributed by atoms with van der Waals surface area (Å²) in [6, 6.07) is 1.43. The third-order valence-electron chi connectivity index (χ3n) is 3.95. The molecule has 1 aliphatic carbocycles. The van der Waals surface area contributed by atoms with Crippen molar-refractivity contribution in [2.45, 2.75) is 64.5 Å². The summed E-state index contributed by atoms with van der Waals surface area (Å²) in [7, 11) is 0. The minimum absolute atomic E-state index is 0.613. The summed E-state index contributed by atoms with van der Waals surface area (Å²) in [6.07, 6.45) is 8.33. The summed E-state index contributed by atoms with van der Waals surface area (Å²) in [5.74, 6) is 2.49. The highest BCUT2D eigenvalue weighted by Gasteiger charge is 2.25. The van der Waals surface area contributed by atoms with Crippen molar-refractivity contribution >= 4 is 11.8 Å². The maximum atomic E-state index is 5.99. The summed E-state index contributed by atoms with van der Waals surface area (Å²) >= 11 is 2.04. The number of likely N-dealkylation sites (N-methyl/N-ethyl adjacent to an activating group) is 1. The molecule has 0 aromatic heterocycles. The standard InChI is InChI=1S/C14H30N2S/c1-3-16(13-8-6-5-7-9-13)14(12-15)10-11-17-4-2/h13-14H,3-12,15H2,1-2H3. The summed E-state index contributed by atoms with van der Waals surface area (Å²) in [5, 5.41) is 0. The van der Waals surface area contributed by atoms with E-state index in [1.54, 1.807) is 0 Å². The van der Waals surface area contributed by atoms with Crippen molar-refractivity contribution < 1.29 is 0 Å². The van der Waals surface area contributed by atoms with Crippen LogP contribution in [0.15, 0.2) is 0 Å². The fourth-order valence-corrected chi connectivity index (χ4v) is 3.74. The van der Waals surface area contributed by atoms with E-state index < -0.39 is 0 Å². The summed E-state index contributed by atoms with van der Waals surface area (Å²) in [6.45, 7) is 6.53. The summed E-state index contributed by atoms with van der Waals surface area (Å²) in [5.41, 5.74) is 5.99. The van der Waals surface area contributed by atoms with Gasteiger partial charge in [-0.05, 0) is 37.3 Å². The van der Waals surface area contributed by atoms with Gasteiger partial charge in [0.05, 0.1) is 0 Å². The minimum Gasteiger partial charge on any atom is -0.329 e. The molecule has 0 radical (unpaired) electrons. The van der Waals surface area contributed by atoms with Crippen molar-refractivity contribution in [2.75, 3.05) is 24.6 Å². The number of nitrogens with zero attached hydrogens (tertiary/aromatic N) is 1. The molecular weight excluding hydrogens is 228 g/mol. The fraction of sp³-hybridized carbons (Fsp3) is 1.00. The van der Waals surface area contributed by atoms with E-state index in [1.165, 1.54) is 56.6 Å². The van der Waals surface area contributed by atoms with Gasteiger partial charge in [0, 0.05) is 18.6 Å². The van der Waals surface area contributed by atoms with E-state index in [0.29, 0.717) is 6.04 Å². The first-order valence-corrected chi connectivity index (χ1v) is 8.52. The molecule has 2 nitrogen and oxygen atoms in total. The molecule has 1 fully saturated rings. The molecule has 17 heavy (non-hydrogen) atoms. The number of thioether (sulfide) groups is 1. The monoisotopic (exact) mass is 258 g/mol. The molecule has 0 bridgehead atoms. The average Bonchev–Trinajstić information content (AvgIpc) is 2.39. The van der Waals surface area contributed by atoms with Gasteiger partial charge in [0.1, 0.15) is 0 Å². The molecule has 1 rings (SSSR count). The average molecular weight is 258 g/mol. The first kappa shape index (κ1) is 15.3. The molecule has 3 heteroatoms. The van der Waals surface area contributed by atoms with Gasteiger partial charge < -0.3 is 5.73 Å². The number of rotatable bonds is 8. The number of nitrogens with two attached hydrogens (primary N) is 1. The molecular formula is C14H30N2S. The van der Waals surface area contributed by atoms with E-state index in [0.717, 1.165) is 12.6 Å². The predicted molar refractivity (Wildman–Crippen MR) is 79.7 cm³/mol. The summed E-state index contributed by atoms with van der Waals surface area (Å²) in [4.78, 5) is 2.69. The maximum Gasteiger partial charge on any atom is 0.0229 e. The SMILES string of the molecule is CCSCCC(CN)N(CC)C1CCCCC1. The highest BCUT2D eigenvalue weighted by atomic mass is 32.2. The zero-order chi connectivity index (χ0) is 12.5. The second-order valence-electron chi connectivity index (χ2n) is 5.00. The van der Waals surface area contributed by atoms with Gasteiger partial charge in [-0.25, -0.2) is 0 Å².